The number of hydrogen-bond acceptors (Lipinski definition) is 6. The van der Waals surface area contributed by atoms with Gasteiger partial charge in [0.05, 0.1) is 18.4 Å². The van der Waals surface area contributed by atoms with E-state index in [0.29, 0.717) is 30.2 Å². The van der Waals surface area contributed by atoms with Crippen molar-refractivity contribution in [3.63, 3.8) is 0 Å². The fraction of sp³-hybridized carbons (Fsp3) is 0.565. The molecule has 1 N–H and O–H groups in total. The van der Waals surface area contributed by atoms with Gasteiger partial charge in [0.25, 0.3) is 5.91 Å². The second-order valence-electron chi connectivity index (χ2n) is 8.50. The molecule has 1 saturated heterocycles. The van der Waals surface area contributed by atoms with Gasteiger partial charge in [0.15, 0.2) is 11.5 Å². The van der Waals surface area contributed by atoms with Crippen LogP contribution in [-0.2, 0) is 6.61 Å². The van der Waals surface area contributed by atoms with Crippen LogP contribution in [0.15, 0.2) is 22.7 Å². The standard InChI is InChI=1S/C23H33N3O4/c1-16-19(17(2)30-25-16)14-29-20-10-9-18(13-21(20)28-5)22(27)24-15-23(3,4)26-11-7-6-8-12-26/h9-10,13H,6-8,11-12,14-15H2,1-5H3,(H,24,27). The number of hydrogen-bond donors (Lipinski definition) is 1. The SMILES string of the molecule is COc1cc(C(=O)NCC(C)(C)N2CCCCC2)ccc1OCc1c(C)noc1C. The normalized spacial score (nSPS) is 15.1. The fourth-order valence-electron chi connectivity index (χ4n) is 3.80. The minimum atomic E-state index is -0.115. The second-order valence-corrected chi connectivity index (χ2v) is 8.50. The molecule has 1 fully saturated rings. The van der Waals surface area contributed by atoms with Gasteiger partial charge in [-0.25, -0.2) is 0 Å². The van der Waals surface area contributed by atoms with Crippen LogP contribution in [0.4, 0.5) is 0 Å². The van der Waals surface area contributed by atoms with E-state index in [4.69, 9.17) is 14.0 Å². The van der Waals surface area contributed by atoms with Crippen molar-refractivity contribution in [2.24, 2.45) is 0 Å². The Morgan fingerprint density at radius 2 is 1.93 bits per heavy atom. The van der Waals surface area contributed by atoms with Gasteiger partial charge in [-0.05, 0) is 71.8 Å². The lowest BCUT2D eigenvalue weighted by Crippen LogP contribution is -2.53. The molecule has 1 aromatic heterocycles. The third-order valence-electron chi connectivity index (χ3n) is 5.87. The van der Waals surface area contributed by atoms with E-state index in [-0.39, 0.29) is 11.4 Å². The molecule has 3 rings (SSSR count). The molecular formula is C23H33N3O4. The smallest absolute Gasteiger partial charge is 0.251 e. The summed E-state index contributed by atoms with van der Waals surface area (Å²) < 4.78 is 16.5. The number of ether oxygens (including phenoxy) is 2. The number of aromatic nitrogens is 1. The Hall–Kier alpha value is -2.54. The van der Waals surface area contributed by atoms with E-state index in [1.165, 1.54) is 19.3 Å². The van der Waals surface area contributed by atoms with Crippen molar-refractivity contribution in [3.05, 3.63) is 40.8 Å². The molecular weight excluding hydrogens is 382 g/mol. The summed E-state index contributed by atoms with van der Waals surface area (Å²) in [5.74, 6) is 1.71. The summed E-state index contributed by atoms with van der Waals surface area (Å²) in [6.07, 6.45) is 3.75. The minimum absolute atomic E-state index is 0.0719. The van der Waals surface area contributed by atoms with Crippen molar-refractivity contribution in [1.29, 1.82) is 0 Å². The zero-order valence-electron chi connectivity index (χ0n) is 18.7. The predicted molar refractivity (Wildman–Crippen MR) is 115 cm³/mol. The number of carbonyl (C=O) groups excluding carboxylic acids is 1. The van der Waals surface area contributed by atoms with Crippen LogP contribution in [0.5, 0.6) is 11.5 Å². The highest BCUT2D eigenvalue weighted by atomic mass is 16.5. The van der Waals surface area contributed by atoms with E-state index in [0.717, 1.165) is 30.1 Å². The fourth-order valence-corrected chi connectivity index (χ4v) is 3.80. The van der Waals surface area contributed by atoms with Crippen molar-refractivity contribution in [2.45, 2.75) is 59.1 Å². The van der Waals surface area contributed by atoms with E-state index in [1.54, 1.807) is 25.3 Å². The van der Waals surface area contributed by atoms with Gasteiger partial charge in [0, 0.05) is 17.6 Å². The van der Waals surface area contributed by atoms with E-state index >= 15 is 0 Å². The molecule has 30 heavy (non-hydrogen) atoms. The van der Waals surface area contributed by atoms with Gasteiger partial charge >= 0.3 is 0 Å². The number of nitrogens with one attached hydrogen (secondary N) is 1. The Labute approximate surface area is 178 Å². The first kappa shape index (κ1) is 22.2. The predicted octanol–water partition coefficient (Wildman–Crippen LogP) is 3.87. The van der Waals surface area contributed by atoms with Crippen molar-refractivity contribution < 1.29 is 18.8 Å². The Morgan fingerprint density at radius 1 is 1.20 bits per heavy atom. The Morgan fingerprint density at radius 3 is 2.57 bits per heavy atom. The molecule has 2 heterocycles. The zero-order chi connectivity index (χ0) is 21.7. The molecule has 0 atom stereocenters. The highest BCUT2D eigenvalue weighted by Gasteiger charge is 2.28. The van der Waals surface area contributed by atoms with E-state index in [2.05, 4.69) is 29.2 Å². The summed E-state index contributed by atoms with van der Waals surface area (Å²) in [5, 5.41) is 7.02. The first-order valence-electron chi connectivity index (χ1n) is 10.6. The Balaban J connectivity index is 1.62. The van der Waals surface area contributed by atoms with Crippen LogP contribution in [-0.4, -0.2) is 48.2 Å². The zero-order valence-corrected chi connectivity index (χ0v) is 18.7. The van der Waals surface area contributed by atoms with E-state index in [9.17, 15) is 4.79 Å². The van der Waals surface area contributed by atoms with Gasteiger partial charge in [-0.15, -0.1) is 0 Å². The molecule has 0 radical (unpaired) electrons. The first-order chi connectivity index (χ1) is 14.3. The summed E-state index contributed by atoms with van der Waals surface area (Å²) in [6, 6.07) is 5.24. The third-order valence-corrected chi connectivity index (χ3v) is 5.87. The third kappa shape index (κ3) is 5.14. The molecule has 7 nitrogen and oxygen atoms in total. The van der Waals surface area contributed by atoms with Crippen molar-refractivity contribution in [1.82, 2.24) is 15.4 Å². The van der Waals surface area contributed by atoms with Crippen molar-refractivity contribution in [2.75, 3.05) is 26.7 Å². The molecule has 0 bridgehead atoms. The largest absolute Gasteiger partial charge is 0.493 e. The van der Waals surface area contributed by atoms with Gasteiger partial charge in [-0.2, -0.15) is 0 Å². The summed E-state index contributed by atoms with van der Waals surface area (Å²) >= 11 is 0. The number of aryl methyl sites for hydroxylation is 2. The molecule has 1 aliphatic heterocycles. The number of likely N-dealkylation sites (tertiary alicyclic amines) is 1. The van der Waals surface area contributed by atoms with Crippen molar-refractivity contribution >= 4 is 5.91 Å². The molecule has 0 aliphatic carbocycles. The lowest BCUT2D eigenvalue weighted by Gasteiger charge is -2.41. The highest BCUT2D eigenvalue weighted by Crippen LogP contribution is 2.29. The van der Waals surface area contributed by atoms with Crippen LogP contribution in [0, 0.1) is 13.8 Å². The maximum Gasteiger partial charge on any atom is 0.251 e. The number of nitrogens with zero attached hydrogens (tertiary/aromatic N) is 2. The van der Waals surface area contributed by atoms with Gasteiger partial charge in [0.2, 0.25) is 0 Å². The highest BCUT2D eigenvalue weighted by molar-refractivity contribution is 5.94. The summed E-state index contributed by atoms with van der Waals surface area (Å²) in [6.45, 7) is 11.2. The Kier molecular flexibility index (Phi) is 7.02. The van der Waals surface area contributed by atoms with Gasteiger partial charge in [0.1, 0.15) is 12.4 Å². The topological polar surface area (TPSA) is 76.8 Å². The van der Waals surface area contributed by atoms with Crippen molar-refractivity contribution in [3.8, 4) is 11.5 Å². The lowest BCUT2D eigenvalue weighted by atomic mass is 9.98. The molecule has 164 valence electrons. The van der Waals surface area contributed by atoms with Crippen LogP contribution >= 0.6 is 0 Å². The number of rotatable bonds is 8. The number of carbonyl (C=O) groups is 1. The van der Waals surface area contributed by atoms with Gasteiger partial charge < -0.3 is 19.3 Å². The molecule has 2 aromatic rings. The molecule has 0 spiro atoms. The summed E-state index contributed by atoms with van der Waals surface area (Å²) in [5.41, 5.74) is 2.20. The molecule has 0 saturated carbocycles. The minimum Gasteiger partial charge on any atom is -0.493 e. The summed E-state index contributed by atoms with van der Waals surface area (Å²) in [7, 11) is 1.57. The number of piperidine rings is 1. The Bertz CT molecular complexity index is 850. The van der Waals surface area contributed by atoms with Crippen LogP contribution in [0.3, 0.4) is 0 Å². The monoisotopic (exact) mass is 415 g/mol. The summed E-state index contributed by atoms with van der Waals surface area (Å²) in [4.78, 5) is 15.2. The first-order valence-corrected chi connectivity index (χ1v) is 10.6. The molecule has 1 aromatic carbocycles. The van der Waals surface area contributed by atoms with Crippen LogP contribution in [0.1, 0.15) is 60.5 Å². The maximum atomic E-state index is 12.7. The average Bonchev–Trinajstić information content (AvgIpc) is 3.08. The molecule has 1 amide bonds. The quantitative estimate of drug-likeness (QED) is 0.705. The van der Waals surface area contributed by atoms with E-state index in [1.807, 2.05) is 13.8 Å². The number of benzene rings is 1. The number of amides is 1. The molecule has 7 heteroatoms. The van der Waals surface area contributed by atoms with Gasteiger partial charge in [-0.3, -0.25) is 9.69 Å². The second kappa shape index (κ2) is 9.51. The average molecular weight is 416 g/mol. The van der Waals surface area contributed by atoms with Crippen LogP contribution in [0.25, 0.3) is 0 Å². The van der Waals surface area contributed by atoms with Crippen LogP contribution in [0.2, 0.25) is 0 Å². The van der Waals surface area contributed by atoms with Gasteiger partial charge in [-0.1, -0.05) is 11.6 Å². The number of methoxy groups -OCH3 is 1. The lowest BCUT2D eigenvalue weighted by molar-refractivity contribution is 0.0797. The molecule has 0 unspecified atom stereocenters. The van der Waals surface area contributed by atoms with Crippen LogP contribution < -0.4 is 14.8 Å². The molecule has 1 aliphatic rings. The van der Waals surface area contributed by atoms with E-state index < -0.39 is 0 Å². The maximum absolute atomic E-state index is 12.7.